The van der Waals surface area contributed by atoms with Crippen LogP contribution in [0.3, 0.4) is 0 Å². The first-order valence-electron chi connectivity index (χ1n) is 7.20. The number of hydrogen-bond acceptors (Lipinski definition) is 3. The summed E-state index contributed by atoms with van der Waals surface area (Å²) in [4.78, 5) is 35.4. The van der Waals surface area contributed by atoms with E-state index in [1.807, 2.05) is 0 Å². The molecule has 114 valence electrons. The van der Waals surface area contributed by atoms with Crippen molar-refractivity contribution < 1.29 is 19.5 Å². The highest BCUT2D eigenvalue weighted by Gasteiger charge is 2.28. The number of carboxylic acid groups (broad SMARTS) is 1. The monoisotopic (exact) mass is 284 g/mol. The number of likely N-dealkylation sites (tertiary alicyclic amines) is 1. The number of unbranched alkanes of at least 4 members (excludes halogenated alkanes) is 1. The maximum absolute atomic E-state index is 11.9. The zero-order valence-electron chi connectivity index (χ0n) is 12.2. The molecule has 2 N–H and O–H groups in total. The number of nitrogens with one attached hydrogen (secondary N) is 1. The van der Waals surface area contributed by atoms with Crippen molar-refractivity contribution >= 4 is 17.9 Å². The lowest BCUT2D eigenvalue weighted by Gasteiger charge is -2.18. The standard InChI is InChI=1S/C14H24N2O4/c1-10(2)11-7-8-16(9-11)14(20)15-12(17)5-3-4-6-13(18)19/h10-11H,3-9H2,1-2H3,(H,18,19)(H,15,17,20). The van der Waals surface area contributed by atoms with Crippen LogP contribution in [0.4, 0.5) is 4.79 Å². The molecule has 1 heterocycles. The number of carbonyl (C=O) groups excluding carboxylic acids is 2. The van der Waals surface area contributed by atoms with E-state index in [0.29, 0.717) is 37.8 Å². The smallest absolute Gasteiger partial charge is 0.324 e. The third-order valence-corrected chi connectivity index (χ3v) is 3.75. The first-order valence-corrected chi connectivity index (χ1v) is 7.20. The Balaban J connectivity index is 2.22. The summed E-state index contributed by atoms with van der Waals surface area (Å²) in [6.45, 7) is 5.68. The van der Waals surface area contributed by atoms with Gasteiger partial charge in [-0.1, -0.05) is 13.8 Å². The second kappa shape index (κ2) is 7.87. The van der Waals surface area contributed by atoms with Crippen molar-refractivity contribution in [3.8, 4) is 0 Å². The minimum absolute atomic E-state index is 0.0589. The van der Waals surface area contributed by atoms with Crippen LogP contribution in [0.25, 0.3) is 0 Å². The molecule has 1 aliphatic heterocycles. The predicted molar refractivity (Wildman–Crippen MR) is 74.2 cm³/mol. The molecule has 0 aromatic carbocycles. The Bertz CT molecular complexity index is 368. The molecule has 0 bridgehead atoms. The first kappa shape index (κ1) is 16.5. The molecule has 20 heavy (non-hydrogen) atoms. The second-order valence-corrected chi connectivity index (χ2v) is 5.69. The van der Waals surface area contributed by atoms with Gasteiger partial charge in [0, 0.05) is 25.9 Å². The van der Waals surface area contributed by atoms with Crippen molar-refractivity contribution in [3.63, 3.8) is 0 Å². The molecule has 1 saturated heterocycles. The number of hydrogen-bond donors (Lipinski definition) is 2. The minimum Gasteiger partial charge on any atom is -0.481 e. The van der Waals surface area contributed by atoms with Gasteiger partial charge in [-0.2, -0.15) is 0 Å². The summed E-state index contributed by atoms with van der Waals surface area (Å²) >= 11 is 0. The number of aliphatic carboxylic acids is 1. The molecule has 1 fully saturated rings. The summed E-state index contributed by atoms with van der Waals surface area (Å²) in [7, 11) is 0. The molecule has 1 aliphatic rings. The van der Waals surface area contributed by atoms with Crippen molar-refractivity contribution in [2.75, 3.05) is 13.1 Å². The Hall–Kier alpha value is -1.59. The van der Waals surface area contributed by atoms with Crippen LogP contribution in [0.2, 0.25) is 0 Å². The third kappa shape index (κ3) is 5.59. The van der Waals surface area contributed by atoms with Crippen molar-refractivity contribution in [2.45, 2.75) is 46.0 Å². The van der Waals surface area contributed by atoms with Crippen molar-refractivity contribution in [3.05, 3.63) is 0 Å². The number of nitrogens with zero attached hydrogens (tertiary/aromatic N) is 1. The molecule has 6 nitrogen and oxygen atoms in total. The lowest BCUT2D eigenvalue weighted by atomic mass is 9.95. The molecular formula is C14H24N2O4. The van der Waals surface area contributed by atoms with E-state index in [1.165, 1.54) is 0 Å². The number of urea groups is 1. The molecule has 3 amide bonds. The highest BCUT2D eigenvalue weighted by atomic mass is 16.4. The summed E-state index contributed by atoms with van der Waals surface area (Å²) in [5, 5.41) is 10.8. The lowest BCUT2D eigenvalue weighted by Crippen LogP contribution is -2.41. The lowest BCUT2D eigenvalue weighted by molar-refractivity contribution is -0.137. The molecule has 0 aliphatic carbocycles. The van der Waals surface area contributed by atoms with Crippen molar-refractivity contribution in [1.82, 2.24) is 10.2 Å². The number of rotatable bonds is 6. The van der Waals surface area contributed by atoms with Crippen LogP contribution in [0, 0.1) is 11.8 Å². The Morgan fingerprint density at radius 2 is 1.90 bits per heavy atom. The van der Waals surface area contributed by atoms with Crippen LogP contribution in [-0.4, -0.2) is 41.0 Å². The van der Waals surface area contributed by atoms with Gasteiger partial charge in [-0.05, 0) is 31.1 Å². The fourth-order valence-corrected chi connectivity index (χ4v) is 2.34. The summed E-state index contributed by atoms with van der Waals surface area (Å²) in [5.74, 6) is -0.141. The zero-order chi connectivity index (χ0) is 15.1. The van der Waals surface area contributed by atoms with Gasteiger partial charge in [0.1, 0.15) is 0 Å². The number of carbonyl (C=O) groups is 3. The van der Waals surface area contributed by atoms with E-state index in [9.17, 15) is 14.4 Å². The van der Waals surface area contributed by atoms with Crippen LogP contribution in [0.1, 0.15) is 46.0 Å². The zero-order valence-corrected chi connectivity index (χ0v) is 12.2. The molecule has 0 spiro atoms. The van der Waals surface area contributed by atoms with E-state index >= 15 is 0 Å². The molecule has 6 heteroatoms. The summed E-state index contributed by atoms with van der Waals surface area (Å²) < 4.78 is 0. The SMILES string of the molecule is CC(C)C1CCN(C(=O)NC(=O)CCCCC(=O)O)C1. The molecule has 1 atom stereocenters. The van der Waals surface area contributed by atoms with E-state index in [2.05, 4.69) is 19.2 Å². The van der Waals surface area contributed by atoms with Crippen LogP contribution < -0.4 is 5.32 Å². The van der Waals surface area contributed by atoms with Crippen LogP contribution in [0.5, 0.6) is 0 Å². The molecule has 0 aromatic rings. The fraction of sp³-hybridized carbons (Fsp3) is 0.786. The fourth-order valence-electron chi connectivity index (χ4n) is 2.34. The van der Waals surface area contributed by atoms with Gasteiger partial charge in [0.05, 0.1) is 0 Å². The molecule has 1 rings (SSSR count). The maximum Gasteiger partial charge on any atom is 0.324 e. The van der Waals surface area contributed by atoms with E-state index < -0.39 is 5.97 Å². The van der Waals surface area contributed by atoms with E-state index in [4.69, 9.17) is 5.11 Å². The van der Waals surface area contributed by atoms with Crippen molar-refractivity contribution in [2.24, 2.45) is 11.8 Å². The summed E-state index contributed by atoms with van der Waals surface area (Å²) in [5.41, 5.74) is 0. The number of amides is 3. The van der Waals surface area contributed by atoms with Crippen molar-refractivity contribution in [1.29, 1.82) is 0 Å². The van der Waals surface area contributed by atoms with Gasteiger partial charge < -0.3 is 10.0 Å². The summed E-state index contributed by atoms with van der Waals surface area (Å²) in [6, 6.07) is -0.323. The Morgan fingerprint density at radius 1 is 1.25 bits per heavy atom. The minimum atomic E-state index is -0.863. The van der Waals surface area contributed by atoms with Gasteiger partial charge >= 0.3 is 12.0 Å². The van der Waals surface area contributed by atoms with Gasteiger partial charge in [-0.3, -0.25) is 14.9 Å². The van der Waals surface area contributed by atoms with Gasteiger partial charge in [-0.25, -0.2) is 4.79 Å². The normalized spacial score (nSPS) is 18.4. The molecule has 0 saturated carbocycles. The number of imide groups is 1. The first-order chi connectivity index (χ1) is 9.40. The Morgan fingerprint density at radius 3 is 2.45 bits per heavy atom. The largest absolute Gasteiger partial charge is 0.481 e. The second-order valence-electron chi connectivity index (χ2n) is 5.69. The third-order valence-electron chi connectivity index (χ3n) is 3.75. The molecular weight excluding hydrogens is 260 g/mol. The molecule has 0 aromatic heterocycles. The van der Waals surface area contributed by atoms with Crippen LogP contribution in [0.15, 0.2) is 0 Å². The van der Waals surface area contributed by atoms with Gasteiger partial charge in [-0.15, -0.1) is 0 Å². The molecule has 0 radical (unpaired) electrons. The van der Waals surface area contributed by atoms with E-state index in [-0.39, 0.29) is 24.8 Å². The average Bonchev–Trinajstić information content (AvgIpc) is 2.84. The van der Waals surface area contributed by atoms with Crippen LogP contribution >= 0.6 is 0 Å². The highest BCUT2D eigenvalue weighted by Crippen LogP contribution is 2.23. The van der Waals surface area contributed by atoms with Crippen LogP contribution in [-0.2, 0) is 9.59 Å². The number of carboxylic acids is 1. The Kier molecular flexibility index (Phi) is 6.48. The average molecular weight is 284 g/mol. The highest BCUT2D eigenvalue weighted by molar-refractivity contribution is 5.94. The van der Waals surface area contributed by atoms with Gasteiger partial charge in [0.15, 0.2) is 0 Å². The molecule has 1 unspecified atom stereocenters. The van der Waals surface area contributed by atoms with Gasteiger partial charge in [0.25, 0.3) is 0 Å². The Labute approximate surface area is 119 Å². The maximum atomic E-state index is 11.9. The summed E-state index contributed by atoms with van der Waals surface area (Å²) in [6.07, 6.45) is 2.18. The van der Waals surface area contributed by atoms with Gasteiger partial charge in [0.2, 0.25) is 5.91 Å². The quantitative estimate of drug-likeness (QED) is 0.729. The predicted octanol–water partition coefficient (Wildman–Crippen LogP) is 1.85. The van der Waals surface area contributed by atoms with E-state index in [1.54, 1.807) is 4.90 Å². The topological polar surface area (TPSA) is 86.7 Å². The van der Waals surface area contributed by atoms with E-state index in [0.717, 1.165) is 6.42 Å².